The van der Waals surface area contributed by atoms with Gasteiger partial charge in [0.1, 0.15) is 0 Å². The molecule has 2 aromatic rings. The molecule has 2 heterocycles. The zero-order valence-corrected chi connectivity index (χ0v) is 13.5. The van der Waals surface area contributed by atoms with Crippen LogP contribution in [0, 0.1) is 0 Å². The molecular formula is C19H23N3O. The molecule has 120 valence electrons. The lowest BCUT2D eigenvalue weighted by atomic mass is 9.92. The highest BCUT2D eigenvalue weighted by molar-refractivity contribution is 6.03. The van der Waals surface area contributed by atoms with Crippen molar-refractivity contribution in [2.24, 2.45) is 0 Å². The summed E-state index contributed by atoms with van der Waals surface area (Å²) < 4.78 is 0. The molecule has 4 rings (SSSR count). The second-order valence-corrected chi connectivity index (χ2v) is 6.67. The van der Waals surface area contributed by atoms with Crippen molar-refractivity contribution in [1.82, 2.24) is 9.88 Å². The van der Waals surface area contributed by atoms with E-state index in [0.29, 0.717) is 6.54 Å². The molecule has 0 spiro atoms. The van der Waals surface area contributed by atoms with Crippen LogP contribution in [0.15, 0.2) is 24.3 Å². The number of nitrogens with one attached hydrogen (secondary N) is 1. The monoisotopic (exact) mass is 309 g/mol. The molecule has 23 heavy (non-hydrogen) atoms. The number of carbonyl (C=O) groups excluding carboxylic acids is 1. The molecular weight excluding hydrogens is 286 g/mol. The zero-order valence-electron chi connectivity index (χ0n) is 13.5. The Morgan fingerprint density at radius 2 is 1.87 bits per heavy atom. The van der Waals surface area contributed by atoms with Crippen molar-refractivity contribution in [3.63, 3.8) is 0 Å². The topological polar surface area (TPSA) is 45.2 Å². The Kier molecular flexibility index (Phi) is 4.00. The van der Waals surface area contributed by atoms with E-state index < -0.39 is 0 Å². The number of likely N-dealkylation sites (tertiary alicyclic amines) is 1. The number of aryl methyl sites for hydroxylation is 1. The third kappa shape index (κ3) is 2.95. The molecule has 0 bridgehead atoms. The van der Waals surface area contributed by atoms with Crippen molar-refractivity contribution in [3.05, 3.63) is 35.5 Å². The summed E-state index contributed by atoms with van der Waals surface area (Å²) in [5.41, 5.74) is 4.43. The first-order chi connectivity index (χ1) is 11.3. The molecule has 0 unspecified atom stereocenters. The van der Waals surface area contributed by atoms with Gasteiger partial charge in [0.15, 0.2) is 0 Å². The molecule has 1 aromatic carbocycles. The lowest BCUT2D eigenvalue weighted by Crippen LogP contribution is -2.31. The van der Waals surface area contributed by atoms with E-state index in [1.54, 1.807) is 0 Å². The van der Waals surface area contributed by atoms with Crippen molar-refractivity contribution in [1.29, 1.82) is 0 Å². The summed E-state index contributed by atoms with van der Waals surface area (Å²) in [5.74, 6) is 0.107. The number of benzene rings is 1. The van der Waals surface area contributed by atoms with Gasteiger partial charge in [-0.05, 0) is 63.2 Å². The van der Waals surface area contributed by atoms with Gasteiger partial charge in [-0.1, -0.05) is 18.2 Å². The molecule has 1 N–H and O–H groups in total. The number of pyridine rings is 1. The van der Waals surface area contributed by atoms with Gasteiger partial charge in [0.2, 0.25) is 5.91 Å². The number of nitrogens with zero attached hydrogens (tertiary/aromatic N) is 2. The second-order valence-electron chi connectivity index (χ2n) is 6.67. The fourth-order valence-corrected chi connectivity index (χ4v) is 3.84. The molecule has 4 nitrogen and oxygen atoms in total. The SMILES string of the molecule is O=C(CN1CCCC1)Nc1c2c(nc3ccccc13)CCCC2. The largest absolute Gasteiger partial charge is 0.324 e. The Hall–Kier alpha value is -1.94. The zero-order chi connectivity index (χ0) is 15.6. The van der Waals surface area contributed by atoms with E-state index >= 15 is 0 Å². The molecule has 0 saturated carbocycles. The first-order valence-corrected chi connectivity index (χ1v) is 8.74. The lowest BCUT2D eigenvalue weighted by molar-refractivity contribution is -0.117. The summed E-state index contributed by atoms with van der Waals surface area (Å²) in [7, 11) is 0. The van der Waals surface area contributed by atoms with E-state index in [-0.39, 0.29) is 5.91 Å². The van der Waals surface area contributed by atoms with Gasteiger partial charge in [-0.2, -0.15) is 0 Å². The van der Waals surface area contributed by atoms with Crippen LogP contribution >= 0.6 is 0 Å². The summed E-state index contributed by atoms with van der Waals surface area (Å²) in [5, 5.41) is 4.29. The standard InChI is InChI=1S/C19H23N3O/c23-18(13-22-11-5-6-12-22)21-19-14-7-1-3-9-16(14)20-17-10-4-2-8-15(17)19/h1,3,7,9H,2,4-6,8,10-13H2,(H,20,21,23). The molecule has 1 aliphatic carbocycles. The van der Waals surface area contributed by atoms with E-state index in [1.165, 1.54) is 36.9 Å². The number of hydrogen-bond donors (Lipinski definition) is 1. The Morgan fingerprint density at radius 3 is 2.74 bits per heavy atom. The number of carbonyl (C=O) groups is 1. The van der Waals surface area contributed by atoms with Crippen LogP contribution in [0.25, 0.3) is 10.9 Å². The molecule has 1 saturated heterocycles. The molecule has 1 fully saturated rings. The van der Waals surface area contributed by atoms with Crippen LogP contribution in [0.2, 0.25) is 0 Å². The molecule has 1 aliphatic heterocycles. The summed E-state index contributed by atoms with van der Waals surface area (Å²) in [6.07, 6.45) is 6.84. The van der Waals surface area contributed by atoms with Crippen LogP contribution in [0.5, 0.6) is 0 Å². The molecule has 1 aromatic heterocycles. The maximum absolute atomic E-state index is 12.5. The Morgan fingerprint density at radius 1 is 1.09 bits per heavy atom. The van der Waals surface area contributed by atoms with E-state index in [1.807, 2.05) is 18.2 Å². The summed E-state index contributed by atoms with van der Waals surface area (Å²) >= 11 is 0. The van der Waals surface area contributed by atoms with Crippen molar-refractivity contribution < 1.29 is 4.79 Å². The van der Waals surface area contributed by atoms with Crippen molar-refractivity contribution >= 4 is 22.5 Å². The van der Waals surface area contributed by atoms with Crippen LogP contribution in [-0.2, 0) is 17.6 Å². The van der Waals surface area contributed by atoms with Gasteiger partial charge in [-0.25, -0.2) is 0 Å². The summed E-state index contributed by atoms with van der Waals surface area (Å²) in [4.78, 5) is 19.6. The minimum atomic E-state index is 0.107. The van der Waals surface area contributed by atoms with Gasteiger partial charge in [0, 0.05) is 11.1 Å². The van der Waals surface area contributed by atoms with Crippen LogP contribution in [-0.4, -0.2) is 35.4 Å². The number of aromatic nitrogens is 1. The number of amides is 1. The van der Waals surface area contributed by atoms with E-state index in [2.05, 4.69) is 16.3 Å². The third-order valence-corrected chi connectivity index (χ3v) is 5.00. The van der Waals surface area contributed by atoms with Gasteiger partial charge < -0.3 is 5.32 Å². The molecule has 1 amide bonds. The molecule has 2 aliphatic rings. The average Bonchev–Trinajstić information content (AvgIpc) is 3.07. The number of rotatable bonds is 3. The molecule has 0 radical (unpaired) electrons. The number of anilines is 1. The predicted octanol–water partition coefficient (Wildman–Crippen LogP) is 3.15. The predicted molar refractivity (Wildman–Crippen MR) is 92.7 cm³/mol. The maximum atomic E-state index is 12.5. The first-order valence-electron chi connectivity index (χ1n) is 8.74. The van der Waals surface area contributed by atoms with E-state index in [4.69, 9.17) is 4.98 Å². The molecule has 0 atom stereocenters. The minimum Gasteiger partial charge on any atom is -0.324 e. The summed E-state index contributed by atoms with van der Waals surface area (Å²) in [6.45, 7) is 2.59. The lowest BCUT2D eigenvalue weighted by Gasteiger charge is -2.22. The van der Waals surface area contributed by atoms with E-state index in [9.17, 15) is 4.79 Å². The first kappa shape index (κ1) is 14.6. The molecule has 4 heteroatoms. The Balaban J connectivity index is 1.68. The third-order valence-electron chi connectivity index (χ3n) is 5.00. The van der Waals surface area contributed by atoms with Crippen molar-refractivity contribution in [2.75, 3.05) is 25.0 Å². The smallest absolute Gasteiger partial charge is 0.238 e. The van der Waals surface area contributed by atoms with E-state index in [0.717, 1.165) is 42.5 Å². The quantitative estimate of drug-likeness (QED) is 0.947. The maximum Gasteiger partial charge on any atom is 0.238 e. The van der Waals surface area contributed by atoms with Crippen molar-refractivity contribution in [3.8, 4) is 0 Å². The highest BCUT2D eigenvalue weighted by Crippen LogP contribution is 2.33. The fraction of sp³-hybridized carbons (Fsp3) is 0.474. The Labute approximate surface area is 136 Å². The van der Waals surface area contributed by atoms with Crippen LogP contribution in [0.1, 0.15) is 36.9 Å². The minimum absolute atomic E-state index is 0.107. The fourth-order valence-electron chi connectivity index (χ4n) is 3.84. The van der Waals surface area contributed by atoms with Crippen LogP contribution < -0.4 is 5.32 Å². The van der Waals surface area contributed by atoms with Crippen molar-refractivity contribution in [2.45, 2.75) is 38.5 Å². The highest BCUT2D eigenvalue weighted by Gasteiger charge is 2.21. The second kappa shape index (κ2) is 6.28. The number of para-hydroxylation sites is 1. The van der Waals surface area contributed by atoms with Gasteiger partial charge >= 0.3 is 0 Å². The van der Waals surface area contributed by atoms with Crippen LogP contribution in [0.4, 0.5) is 5.69 Å². The Bertz CT molecular complexity index is 735. The average molecular weight is 309 g/mol. The van der Waals surface area contributed by atoms with Gasteiger partial charge in [-0.3, -0.25) is 14.7 Å². The van der Waals surface area contributed by atoms with Crippen LogP contribution in [0.3, 0.4) is 0 Å². The van der Waals surface area contributed by atoms with Gasteiger partial charge in [0.25, 0.3) is 0 Å². The number of hydrogen-bond acceptors (Lipinski definition) is 3. The van der Waals surface area contributed by atoms with Gasteiger partial charge in [0.05, 0.1) is 17.7 Å². The number of fused-ring (bicyclic) bond motifs is 2. The van der Waals surface area contributed by atoms with Gasteiger partial charge in [-0.15, -0.1) is 0 Å². The highest BCUT2D eigenvalue weighted by atomic mass is 16.2. The normalized spacial score (nSPS) is 18.1. The summed E-state index contributed by atoms with van der Waals surface area (Å²) in [6, 6.07) is 8.15.